The van der Waals surface area contributed by atoms with Gasteiger partial charge in [-0.2, -0.15) is 0 Å². The molecule has 0 aromatic carbocycles. The maximum atomic E-state index is 10.8. The Balaban J connectivity index is 0.000000434. The van der Waals surface area contributed by atoms with E-state index in [0.717, 1.165) is 188 Å². The molecule has 6 atom stereocenters. The lowest BCUT2D eigenvalue weighted by Crippen LogP contribution is -2.45. The Morgan fingerprint density at radius 3 is 1.42 bits per heavy atom. The third kappa shape index (κ3) is 37.4. The van der Waals surface area contributed by atoms with Crippen LogP contribution in [0.3, 0.4) is 0 Å². The molecule has 26 N–H and O–H groups in total. The van der Waals surface area contributed by atoms with Gasteiger partial charge in [0.2, 0.25) is 23.6 Å². The van der Waals surface area contributed by atoms with Crippen molar-refractivity contribution in [3.05, 3.63) is 0 Å². The van der Waals surface area contributed by atoms with Crippen molar-refractivity contribution < 1.29 is 33.5 Å². The number of rotatable bonds is 0. The van der Waals surface area contributed by atoms with Gasteiger partial charge in [-0.1, -0.05) is 0 Å². The van der Waals surface area contributed by atoms with Crippen LogP contribution >= 0.6 is 0 Å². The third-order valence-corrected chi connectivity index (χ3v) is 14.1. The van der Waals surface area contributed by atoms with Gasteiger partial charge in [0, 0.05) is 147 Å². The van der Waals surface area contributed by atoms with Gasteiger partial charge in [-0.3, -0.25) is 19.2 Å². The van der Waals surface area contributed by atoms with Crippen molar-refractivity contribution in [2.75, 3.05) is 105 Å². The number of likely N-dealkylation sites (N-methyl/N-ethyl adjacent to an activating group) is 1. The second-order valence-electron chi connectivity index (χ2n) is 21.4. The second kappa shape index (κ2) is 42.8. The summed E-state index contributed by atoms with van der Waals surface area (Å²) < 4.78 is 5.06. The first kappa shape index (κ1) is 71.0. The van der Waals surface area contributed by atoms with Gasteiger partial charge in [-0.05, 0) is 129 Å². The normalized spacial score (nSPS) is 27.1. The molecule has 9 aliphatic heterocycles. The van der Waals surface area contributed by atoms with Crippen molar-refractivity contribution in [1.82, 2.24) is 40.9 Å². The molecular weight excluding hydrogens is 991 g/mol. The number of hydrogen-bond acceptors (Lipinski definition) is 18. The van der Waals surface area contributed by atoms with Crippen LogP contribution in [-0.4, -0.2) is 215 Å². The van der Waals surface area contributed by atoms with Gasteiger partial charge in [0.15, 0.2) is 0 Å². The summed E-state index contributed by atoms with van der Waals surface area (Å²) in [5.41, 5.74) is 60.2. The minimum absolute atomic E-state index is 0.00694. The summed E-state index contributed by atoms with van der Waals surface area (Å²) in [5, 5.41) is 11.9. The summed E-state index contributed by atoms with van der Waals surface area (Å²) in [6.45, 7) is 14.4. The van der Waals surface area contributed by atoms with E-state index in [1.165, 1.54) is 12.8 Å². The van der Waals surface area contributed by atoms with Crippen LogP contribution < -0.4 is 84.3 Å². The fourth-order valence-corrected chi connectivity index (χ4v) is 8.76. The Morgan fingerprint density at radius 1 is 0.481 bits per heavy atom. The van der Waals surface area contributed by atoms with Crippen LogP contribution in [0.4, 0.5) is 9.59 Å². The molecule has 26 nitrogen and oxygen atoms in total. The zero-order valence-electron chi connectivity index (χ0n) is 47.2. The maximum absolute atomic E-state index is 10.8. The number of nitrogens with one attached hydrogen (secondary N) is 4. The number of carbonyl (C=O) groups is 6. The minimum Gasteiger partial charge on any atom is -0.380 e. The van der Waals surface area contributed by atoms with Gasteiger partial charge in [0.05, 0.1) is 12.6 Å². The second-order valence-corrected chi connectivity index (χ2v) is 21.4. The van der Waals surface area contributed by atoms with Crippen molar-refractivity contribution in [2.24, 2.45) is 63.1 Å². The molecular formula is C51H109N19O7. The molecule has 9 fully saturated rings. The molecule has 8 amide bonds. The summed E-state index contributed by atoms with van der Waals surface area (Å²) in [6, 6.07) is 1.41. The van der Waals surface area contributed by atoms with E-state index in [9.17, 15) is 28.8 Å². The molecule has 0 saturated carbocycles. The zero-order chi connectivity index (χ0) is 57.5. The largest absolute Gasteiger partial charge is 0.380 e. The maximum Gasteiger partial charge on any atom is 0.314 e. The van der Waals surface area contributed by atoms with Crippen molar-refractivity contribution in [1.29, 1.82) is 0 Å². The van der Waals surface area contributed by atoms with Crippen LogP contribution in [0.2, 0.25) is 0 Å². The molecule has 0 aliphatic carbocycles. The molecule has 0 aromatic heterocycles. The summed E-state index contributed by atoms with van der Waals surface area (Å²) >= 11 is 0. The lowest BCUT2D eigenvalue weighted by Gasteiger charge is -2.28. The summed E-state index contributed by atoms with van der Waals surface area (Å²) in [7, 11) is 1.79. The Hall–Kier alpha value is -4.06. The molecule has 77 heavy (non-hydrogen) atoms. The number of nitrogens with two attached hydrogens (primary N) is 11. The van der Waals surface area contributed by atoms with Crippen molar-refractivity contribution >= 4 is 35.7 Å². The highest BCUT2D eigenvalue weighted by Gasteiger charge is 2.22. The molecule has 9 saturated heterocycles. The van der Waals surface area contributed by atoms with Gasteiger partial charge in [-0.25, -0.2) is 9.59 Å². The predicted octanol–water partition coefficient (Wildman–Crippen LogP) is -3.15. The average Bonchev–Trinajstić information content (AvgIpc) is 3.65. The van der Waals surface area contributed by atoms with Crippen LogP contribution in [0.25, 0.3) is 0 Å². The topological polar surface area (TPSA) is 459 Å². The molecule has 0 bridgehead atoms. The summed E-state index contributed by atoms with van der Waals surface area (Å²) in [4.78, 5) is 70.8. The van der Waals surface area contributed by atoms with Gasteiger partial charge in [0.25, 0.3) is 0 Å². The van der Waals surface area contributed by atoms with Crippen molar-refractivity contribution in [3.8, 4) is 0 Å². The highest BCUT2D eigenvalue weighted by Crippen LogP contribution is 2.10. The summed E-state index contributed by atoms with van der Waals surface area (Å²) in [5.74, 6) is 0.541. The van der Waals surface area contributed by atoms with Crippen LogP contribution in [0.5, 0.6) is 0 Å². The lowest BCUT2D eigenvalue weighted by atomic mass is 10.1. The molecule has 26 heteroatoms. The standard InChI is InChI=1S/C7H14N2O.C6H13N3O.3C6H12N2O.C5H11N3O.2C5H12N2.C5H11NO/c1-6(10)9-4-2-7(8)3-5-9;7-5-1-3-9(4-2-5)6(8)10;1-8-4-5(7)2-3-6(8)9;7-5-1-2-6(9)8-4-3-5;7-5-3-1-2-4-8-6(5)9;6-4-1-2-8(3-4)5(7)9;6-5-1-3-7-4-2-5;2*6-5-2-1-3-7-4-5/h7H,2-5,8H2,1H3;5H,1-4,7H2,(H2,8,10);5H,2-4,7H2,1H3;2*5H,1-4,7H2,(H,8,9);4H,1-3,6H2,(H2,7,9);2*5,7H,1-4,6H2;5H,1-4,6H2. The first-order valence-corrected chi connectivity index (χ1v) is 28.5. The van der Waals surface area contributed by atoms with E-state index in [0.29, 0.717) is 43.6 Å². The third-order valence-electron chi connectivity index (χ3n) is 14.1. The van der Waals surface area contributed by atoms with E-state index in [1.54, 1.807) is 28.7 Å². The number of carbonyl (C=O) groups excluding carboxylic acids is 6. The predicted molar refractivity (Wildman–Crippen MR) is 304 cm³/mol. The van der Waals surface area contributed by atoms with Crippen LogP contribution in [0.1, 0.15) is 129 Å². The molecule has 9 heterocycles. The van der Waals surface area contributed by atoms with E-state index in [1.807, 2.05) is 4.90 Å². The number of urea groups is 2. The molecule has 450 valence electrons. The number of likely N-dealkylation sites (tertiary alicyclic amines) is 4. The monoisotopic (exact) mass is 1100 g/mol. The minimum atomic E-state index is -0.358. The fraction of sp³-hybridized carbons (Fsp3) is 0.882. The van der Waals surface area contributed by atoms with Gasteiger partial charge in [0.1, 0.15) is 0 Å². The Labute approximate surface area is 460 Å². The SMILES string of the molecule is CC(=O)N1CCC(N)CC1.CN1CC(N)CCC1=O.NC(=O)N1CCC(N)C1.NC(=O)N1CCC(N)CC1.NC1CCCCNC1=O.NC1CCCNC1.NC1CCCOC1.NC1CCNC(=O)CC1.NC1CCNCC1. The molecule has 9 aliphatic rings. The Bertz CT molecular complexity index is 1520. The number of piperidine rings is 5. The lowest BCUT2D eigenvalue weighted by molar-refractivity contribution is -0.132. The number of ether oxygens (including phenoxy) is 1. The smallest absolute Gasteiger partial charge is 0.314 e. The molecule has 0 spiro atoms. The van der Waals surface area contributed by atoms with Crippen LogP contribution in [0, 0.1) is 0 Å². The van der Waals surface area contributed by atoms with E-state index in [-0.39, 0.29) is 65.9 Å². The van der Waals surface area contributed by atoms with Gasteiger partial charge in [-0.15, -0.1) is 0 Å². The highest BCUT2D eigenvalue weighted by molar-refractivity contribution is 5.81. The van der Waals surface area contributed by atoms with Gasteiger partial charge >= 0.3 is 12.1 Å². The van der Waals surface area contributed by atoms with E-state index in [4.69, 9.17) is 67.8 Å². The first-order chi connectivity index (χ1) is 36.6. The number of nitrogens with zero attached hydrogens (tertiary/aromatic N) is 4. The first-order valence-electron chi connectivity index (χ1n) is 28.5. The highest BCUT2D eigenvalue weighted by atomic mass is 16.5. The van der Waals surface area contributed by atoms with E-state index in [2.05, 4.69) is 21.3 Å². The number of amides is 8. The summed E-state index contributed by atoms with van der Waals surface area (Å²) in [6.07, 6.45) is 18.4. The zero-order valence-corrected chi connectivity index (χ0v) is 47.2. The van der Waals surface area contributed by atoms with Crippen LogP contribution in [0.15, 0.2) is 0 Å². The molecule has 6 unspecified atom stereocenters. The quantitative estimate of drug-likeness (QED) is 0.114. The number of primary amides is 2. The number of hydrogen-bond donors (Lipinski definition) is 15. The van der Waals surface area contributed by atoms with E-state index >= 15 is 0 Å². The van der Waals surface area contributed by atoms with E-state index < -0.39 is 0 Å². The Kier molecular flexibility index (Phi) is 39.5. The van der Waals surface area contributed by atoms with Gasteiger partial charge < -0.3 is 109 Å². The molecule has 0 radical (unpaired) electrons. The van der Waals surface area contributed by atoms with Crippen molar-refractivity contribution in [2.45, 2.75) is 183 Å². The average molecular weight is 1100 g/mol. The fourth-order valence-electron chi connectivity index (χ4n) is 8.76. The molecule has 9 rings (SSSR count). The molecule has 0 aromatic rings. The van der Waals surface area contributed by atoms with Crippen LogP contribution in [-0.2, 0) is 23.9 Å². The van der Waals surface area contributed by atoms with Crippen molar-refractivity contribution in [3.63, 3.8) is 0 Å². The Morgan fingerprint density at radius 2 is 1.00 bits per heavy atom.